The van der Waals surface area contributed by atoms with E-state index in [-0.39, 0.29) is 5.91 Å². The van der Waals surface area contributed by atoms with Gasteiger partial charge in [0.25, 0.3) is 5.91 Å². The van der Waals surface area contributed by atoms with Crippen LogP contribution in [0.5, 0.6) is 0 Å². The first-order chi connectivity index (χ1) is 9.74. The van der Waals surface area contributed by atoms with Gasteiger partial charge in [-0.05, 0) is 13.0 Å². The fraction of sp³-hybridized carbons (Fsp3) is 0.308. The largest absolute Gasteiger partial charge is 0.345 e. The van der Waals surface area contributed by atoms with Gasteiger partial charge in [-0.2, -0.15) is 0 Å². The lowest BCUT2D eigenvalue weighted by atomic mass is 10.3. The van der Waals surface area contributed by atoms with Crippen LogP contribution >= 0.6 is 11.3 Å². The van der Waals surface area contributed by atoms with E-state index in [0.717, 1.165) is 17.2 Å². The lowest BCUT2D eigenvalue weighted by molar-refractivity contribution is 0.0950. The van der Waals surface area contributed by atoms with Crippen LogP contribution in [0.3, 0.4) is 0 Å². The van der Waals surface area contributed by atoms with E-state index in [0.29, 0.717) is 18.7 Å². The van der Waals surface area contributed by atoms with Crippen LogP contribution in [-0.4, -0.2) is 27.2 Å². The Morgan fingerprint density at radius 2 is 2.45 bits per heavy atom. The van der Waals surface area contributed by atoms with Crippen LogP contribution in [0.4, 0.5) is 0 Å². The third kappa shape index (κ3) is 3.44. The number of nitrogens with zero attached hydrogens (tertiary/aromatic N) is 3. The smallest absolute Gasteiger partial charge is 0.252 e. The summed E-state index contributed by atoms with van der Waals surface area (Å²) in [6, 6.07) is 1.76. The molecular weight excluding hydrogens is 274 g/mol. The molecule has 3 N–H and O–H groups in total. The molecule has 0 unspecified atom stereocenters. The van der Waals surface area contributed by atoms with Crippen LogP contribution in [0.15, 0.2) is 17.8 Å². The second-order valence-corrected chi connectivity index (χ2v) is 4.83. The second kappa shape index (κ2) is 6.84. The highest BCUT2D eigenvalue weighted by molar-refractivity contribution is 7.10. The van der Waals surface area contributed by atoms with Gasteiger partial charge in [0.1, 0.15) is 6.33 Å². The van der Waals surface area contributed by atoms with Gasteiger partial charge in [-0.25, -0.2) is 0 Å². The number of hydrogen-bond acceptors (Lipinski definition) is 5. The normalized spacial score (nSPS) is 9.90. The third-order valence-corrected chi connectivity index (χ3v) is 3.46. The summed E-state index contributed by atoms with van der Waals surface area (Å²) in [4.78, 5) is 12.8. The zero-order chi connectivity index (χ0) is 14.4. The number of nitrogens with two attached hydrogens (primary N) is 1. The minimum Gasteiger partial charge on any atom is -0.345 e. The predicted octanol–water partition coefficient (Wildman–Crippen LogP) is 0.600. The quantitative estimate of drug-likeness (QED) is 0.807. The molecule has 0 spiro atoms. The van der Waals surface area contributed by atoms with Gasteiger partial charge in [0, 0.05) is 11.9 Å². The van der Waals surface area contributed by atoms with E-state index in [4.69, 9.17) is 5.73 Å². The van der Waals surface area contributed by atoms with Crippen LogP contribution in [0.1, 0.15) is 28.0 Å². The van der Waals surface area contributed by atoms with Gasteiger partial charge in [0.2, 0.25) is 0 Å². The molecule has 0 aliphatic rings. The third-order valence-electron chi connectivity index (χ3n) is 2.62. The number of amides is 1. The van der Waals surface area contributed by atoms with E-state index in [1.807, 2.05) is 11.5 Å². The first kappa shape index (κ1) is 14.2. The predicted molar refractivity (Wildman–Crippen MR) is 77.1 cm³/mol. The van der Waals surface area contributed by atoms with Gasteiger partial charge in [0.15, 0.2) is 5.82 Å². The molecule has 2 aromatic heterocycles. The molecule has 0 bridgehead atoms. The topological polar surface area (TPSA) is 85.8 Å². The minimum absolute atomic E-state index is 0.146. The summed E-state index contributed by atoms with van der Waals surface area (Å²) < 4.78 is 1.88. The van der Waals surface area contributed by atoms with E-state index in [2.05, 4.69) is 27.4 Å². The van der Waals surface area contributed by atoms with Crippen molar-refractivity contribution in [3.8, 4) is 11.8 Å². The zero-order valence-electron chi connectivity index (χ0n) is 11.1. The van der Waals surface area contributed by atoms with Crippen molar-refractivity contribution in [2.75, 3.05) is 6.54 Å². The van der Waals surface area contributed by atoms with Crippen molar-refractivity contribution < 1.29 is 4.79 Å². The highest BCUT2D eigenvalue weighted by atomic mass is 32.1. The maximum absolute atomic E-state index is 12.0. The summed E-state index contributed by atoms with van der Waals surface area (Å²) in [6.07, 6.45) is 1.65. The first-order valence-corrected chi connectivity index (χ1v) is 7.05. The van der Waals surface area contributed by atoms with Crippen LogP contribution in [-0.2, 0) is 13.1 Å². The van der Waals surface area contributed by atoms with Gasteiger partial charge in [-0.15, -0.1) is 21.5 Å². The average molecular weight is 289 g/mol. The van der Waals surface area contributed by atoms with E-state index in [9.17, 15) is 4.79 Å². The SMILES string of the molecule is CCn1cnnc1CNC(=O)c1csc(C#CCN)c1. The molecule has 0 aliphatic heterocycles. The summed E-state index contributed by atoms with van der Waals surface area (Å²) in [7, 11) is 0. The number of aryl methyl sites for hydroxylation is 1. The van der Waals surface area contributed by atoms with Crippen molar-refractivity contribution in [3.05, 3.63) is 34.0 Å². The van der Waals surface area contributed by atoms with Gasteiger partial charge >= 0.3 is 0 Å². The molecule has 1 amide bonds. The van der Waals surface area contributed by atoms with Crippen LogP contribution in [0.2, 0.25) is 0 Å². The maximum atomic E-state index is 12.0. The van der Waals surface area contributed by atoms with Crippen LogP contribution < -0.4 is 11.1 Å². The van der Waals surface area contributed by atoms with Crippen molar-refractivity contribution >= 4 is 17.2 Å². The molecule has 0 aromatic carbocycles. The monoisotopic (exact) mass is 289 g/mol. The minimum atomic E-state index is -0.146. The lowest BCUT2D eigenvalue weighted by Gasteiger charge is -2.04. The number of rotatable bonds is 4. The van der Waals surface area contributed by atoms with E-state index < -0.39 is 0 Å². The average Bonchev–Trinajstić information content (AvgIpc) is 3.11. The zero-order valence-corrected chi connectivity index (χ0v) is 11.9. The fourth-order valence-corrected chi connectivity index (χ4v) is 2.36. The number of carbonyl (C=O) groups excluding carboxylic acids is 1. The highest BCUT2D eigenvalue weighted by Crippen LogP contribution is 2.13. The molecule has 20 heavy (non-hydrogen) atoms. The number of hydrogen-bond donors (Lipinski definition) is 2. The summed E-state index contributed by atoms with van der Waals surface area (Å²) in [5.74, 6) is 6.26. The number of carbonyl (C=O) groups is 1. The molecular formula is C13H15N5OS. The summed E-state index contributed by atoms with van der Waals surface area (Å²) >= 11 is 1.43. The Morgan fingerprint density at radius 1 is 1.60 bits per heavy atom. The molecule has 2 aromatic rings. The second-order valence-electron chi connectivity index (χ2n) is 3.92. The van der Waals surface area contributed by atoms with E-state index in [1.165, 1.54) is 11.3 Å². The standard InChI is InChI=1S/C13H15N5OS/c1-2-18-9-16-17-12(18)7-15-13(19)10-6-11(20-8-10)4-3-5-14/h6,8-9H,2,5,7,14H2,1H3,(H,15,19). The molecule has 2 rings (SSSR count). The molecule has 104 valence electrons. The Bertz CT molecular complexity index is 649. The fourth-order valence-electron chi connectivity index (χ4n) is 1.60. The van der Waals surface area contributed by atoms with Crippen molar-refractivity contribution in [2.24, 2.45) is 5.73 Å². The Kier molecular flexibility index (Phi) is 4.87. The Hall–Kier alpha value is -2.17. The number of nitrogens with one attached hydrogen (secondary N) is 1. The Balaban J connectivity index is 1.96. The molecule has 2 heterocycles. The molecule has 6 nitrogen and oxygen atoms in total. The van der Waals surface area contributed by atoms with E-state index in [1.54, 1.807) is 17.8 Å². The van der Waals surface area contributed by atoms with Gasteiger partial charge in [-0.1, -0.05) is 11.8 Å². The Morgan fingerprint density at radius 3 is 3.20 bits per heavy atom. The van der Waals surface area contributed by atoms with Crippen molar-refractivity contribution in [1.82, 2.24) is 20.1 Å². The van der Waals surface area contributed by atoms with Crippen molar-refractivity contribution in [2.45, 2.75) is 20.0 Å². The summed E-state index contributed by atoms with van der Waals surface area (Å²) in [5.41, 5.74) is 5.90. The number of aromatic nitrogens is 3. The van der Waals surface area contributed by atoms with Gasteiger partial charge in [-0.3, -0.25) is 4.79 Å². The van der Waals surface area contributed by atoms with Gasteiger partial charge in [0.05, 0.1) is 23.5 Å². The maximum Gasteiger partial charge on any atom is 0.252 e. The van der Waals surface area contributed by atoms with Gasteiger partial charge < -0.3 is 15.6 Å². The molecule has 0 atom stereocenters. The molecule has 0 saturated carbocycles. The number of thiophene rings is 1. The highest BCUT2D eigenvalue weighted by Gasteiger charge is 2.09. The van der Waals surface area contributed by atoms with E-state index >= 15 is 0 Å². The lowest BCUT2D eigenvalue weighted by Crippen LogP contribution is -2.24. The van der Waals surface area contributed by atoms with Crippen LogP contribution in [0, 0.1) is 11.8 Å². The summed E-state index contributed by atoms with van der Waals surface area (Å²) in [6.45, 7) is 3.43. The van der Waals surface area contributed by atoms with Crippen molar-refractivity contribution in [1.29, 1.82) is 0 Å². The molecule has 0 radical (unpaired) electrons. The molecule has 0 saturated heterocycles. The molecule has 0 aliphatic carbocycles. The Labute approximate surface area is 121 Å². The van der Waals surface area contributed by atoms with Crippen molar-refractivity contribution in [3.63, 3.8) is 0 Å². The first-order valence-electron chi connectivity index (χ1n) is 6.17. The molecule has 0 fully saturated rings. The molecule has 7 heteroatoms. The van der Waals surface area contributed by atoms with Crippen LogP contribution in [0.25, 0.3) is 0 Å². The summed E-state index contributed by atoms with van der Waals surface area (Å²) in [5, 5.41) is 12.4.